The molecule has 0 aromatic heterocycles. The van der Waals surface area contributed by atoms with Crippen molar-refractivity contribution in [2.45, 2.75) is 32.2 Å². The first-order valence-electron chi connectivity index (χ1n) is 6.50. The van der Waals surface area contributed by atoms with Crippen LogP contribution in [0.15, 0.2) is 24.3 Å². The number of rotatable bonds is 4. The van der Waals surface area contributed by atoms with E-state index in [1.807, 2.05) is 6.07 Å². The van der Waals surface area contributed by atoms with Crippen molar-refractivity contribution in [2.75, 3.05) is 25.0 Å². The van der Waals surface area contributed by atoms with Crippen LogP contribution in [0.2, 0.25) is 0 Å². The first kappa shape index (κ1) is 12.4. The monoisotopic (exact) mass is 236 g/mol. The summed E-state index contributed by atoms with van der Waals surface area (Å²) in [5.74, 6) is -0.167. The molecule has 0 aliphatic carbocycles. The van der Waals surface area contributed by atoms with Gasteiger partial charge >= 0.3 is 0 Å². The van der Waals surface area contributed by atoms with Crippen molar-refractivity contribution in [3.05, 3.63) is 30.1 Å². The van der Waals surface area contributed by atoms with Crippen molar-refractivity contribution in [3.8, 4) is 0 Å². The number of nitrogens with zero attached hydrogens (tertiary/aromatic N) is 1. The molecule has 1 N–H and O–H groups in total. The summed E-state index contributed by atoms with van der Waals surface area (Å²) < 4.78 is 13.4. The Balaban J connectivity index is 1.77. The van der Waals surface area contributed by atoms with Crippen LogP contribution in [0.1, 0.15) is 26.2 Å². The second-order valence-electron chi connectivity index (χ2n) is 4.79. The summed E-state index contributed by atoms with van der Waals surface area (Å²) in [5, 5.41) is 3.16. The quantitative estimate of drug-likeness (QED) is 0.864. The number of hydrogen-bond donors (Lipinski definition) is 1. The number of hydrogen-bond acceptors (Lipinski definition) is 2. The zero-order valence-corrected chi connectivity index (χ0v) is 10.5. The Morgan fingerprint density at radius 1 is 1.35 bits per heavy atom. The van der Waals surface area contributed by atoms with Crippen molar-refractivity contribution in [1.82, 2.24) is 4.90 Å². The van der Waals surface area contributed by atoms with Gasteiger partial charge in [0, 0.05) is 19.1 Å². The average molecular weight is 236 g/mol. The van der Waals surface area contributed by atoms with E-state index in [0.29, 0.717) is 11.7 Å². The van der Waals surface area contributed by atoms with E-state index in [-0.39, 0.29) is 5.82 Å². The van der Waals surface area contributed by atoms with E-state index in [1.54, 1.807) is 12.1 Å². The highest BCUT2D eigenvalue weighted by Crippen LogP contribution is 2.16. The normalized spacial score (nSPS) is 21.4. The molecule has 3 heteroatoms. The topological polar surface area (TPSA) is 15.3 Å². The van der Waals surface area contributed by atoms with Gasteiger partial charge in [-0.05, 0) is 38.4 Å². The zero-order valence-electron chi connectivity index (χ0n) is 10.5. The molecule has 0 saturated carbocycles. The van der Waals surface area contributed by atoms with Gasteiger partial charge in [-0.15, -0.1) is 0 Å². The van der Waals surface area contributed by atoms with Crippen LogP contribution in [0, 0.1) is 5.82 Å². The maximum atomic E-state index is 13.4. The molecule has 1 unspecified atom stereocenters. The van der Waals surface area contributed by atoms with E-state index in [0.717, 1.165) is 13.1 Å². The lowest BCUT2D eigenvalue weighted by atomic mass is 10.0. The fourth-order valence-corrected chi connectivity index (χ4v) is 2.43. The molecule has 94 valence electrons. The SMILES string of the molecule is CC1CCCCN1CCNc1ccccc1F. The highest BCUT2D eigenvalue weighted by atomic mass is 19.1. The highest BCUT2D eigenvalue weighted by molar-refractivity contribution is 5.44. The smallest absolute Gasteiger partial charge is 0.146 e. The lowest BCUT2D eigenvalue weighted by Crippen LogP contribution is -2.40. The number of anilines is 1. The molecule has 0 radical (unpaired) electrons. The fourth-order valence-electron chi connectivity index (χ4n) is 2.43. The van der Waals surface area contributed by atoms with E-state index in [9.17, 15) is 4.39 Å². The maximum Gasteiger partial charge on any atom is 0.146 e. The Morgan fingerprint density at radius 3 is 2.94 bits per heavy atom. The van der Waals surface area contributed by atoms with E-state index < -0.39 is 0 Å². The average Bonchev–Trinajstić information content (AvgIpc) is 2.34. The molecule has 0 spiro atoms. The standard InChI is InChI=1S/C14H21FN2/c1-12-6-4-5-10-17(12)11-9-16-14-8-3-2-7-13(14)15/h2-3,7-8,12,16H,4-6,9-11H2,1H3. The minimum atomic E-state index is -0.167. The van der Waals surface area contributed by atoms with Gasteiger partial charge in [-0.1, -0.05) is 18.6 Å². The molecule has 1 aliphatic heterocycles. The number of benzene rings is 1. The molecule has 17 heavy (non-hydrogen) atoms. The van der Waals surface area contributed by atoms with Gasteiger partial charge in [-0.25, -0.2) is 4.39 Å². The lowest BCUT2D eigenvalue weighted by molar-refractivity contribution is 0.167. The first-order chi connectivity index (χ1) is 8.27. The predicted molar refractivity (Wildman–Crippen MR) is 69.8 cm³/mol. The van der Waals surface area contributed by atoms with Crippen LogP contribution in [0.3, 0.4) is 0 Å². The van der Waals surface area contributed by atoms with Crippen LogP contribution < -0.4 is 5.32 Å². The fraction of sp³-hybridized carbons (Fsp3) is 0.571. The summed E-state index contributed by atoms with van der Waals surface area (Å²) in [5.41, 5.74) is 0.608. The van der Waals surface area contributed by atoms with Gasteiger partial charge in [0.2, 0.25) is 0 Å². The molecule has 1 aliphatic rings. The Morgan fingerprint density at radius 2 is 2.18 bits per heavy atom. The Bertz CT molecular complexity index is 354. The predicted octanol–water partition coefficient (Wildman–Crippen LogP) is 3.11. The van der Waals surface area contributed by atoms with E-state index in [2.05, 4.69) is 17.1 Å². The zero-order chi connectivity index (χ0) is 12.1. The van der Waals surface area contributed by atoms with Crippen LogP contribution in [-0.2, 0) is 0 Å². The summed E-state index contributed by atoms with van der Waals surface area (Å²) >= 11 is 0. The third-order valence-corrected chi connectivity index (χ3v) is 3.53. The molecular formula is C14H21FN2. The van der Waals surface area contributed by atoms with Gasteiger partial charge in [0.05, 0.1) is 5.69 Å². The number of para-hydroxylation sites is 1. The van der Waals surface area contributed by atoms with E-state index in [4.69, 9.17) is 0 Å². The van der Waals surface area contributed by atoms with Crippen molar-refractivity contribution >= 4 is 5.69 Å². The summed E-state index contributed by atoms with van der Waals surface area (Å²) in [4.78, 5) is 2.48. The van der Waals surface area contributed by atoms with Crippen LogP contribution in [0.25, 0.3) is 0 Å². The molecule has 2 nitrogen and oxygen atoms in total. The van der Waals surface area contributed by atoms with Gasteiger partial charge in [-0.3, -0.25) is 4.90 Å². The Hall–Kier alpha value is -1.09. The molecule has 0 amide bonds. The number of likely N-dealkylation sites (tertiary alicyclic amines) is 1. The summed E-state index contributed by atoms with van der Waals surface area (Å²) in [6.07, 6.45) is 3.93. The molecular weight excluding hydrogens is 215 g/mol. The number of halogens is 1. The minimum absolute atomic E-state index is 0.167. The summed E-state index contributed by atoms with van der Waals surface area (Å²) in [7, 11) is 0. The van der Waals surface area contributed by atoms with Gasteiger partial charge in [0.25, 0.3) is 0 Å². The molecule has 1 atom stereocenters. The Kier molecular flexibility index (Phi) is 4.37. The van der Waals surface area contributed by atoms with Crippen molar-refractivity contribution in [2.24, 2.45) is 0 Å². The molecule has 1 heterocycles. The van der Waals surface area contributed by atoms with Crippen LogP contribution in [-0.4, -0.2) is 30.6 Å². The molecule has 1 aromatic carbocycles. The highest BCUT2D eigenvalue weighted by Gasteiger charge is 2.17. The summed E-state index contributed by atoms with van der Waals surface area (Å²) in [6, 6.07) is 7.52. The van der Waals surface area contributed by atoms with Crippen LogP contribution >= 0.6 is 0 Å². The third kappa shape index (κ3) is 3.43. The van der Waals surface area contributed by atoms with Gasteiger partial charge < -0.3 is 5.32 Å². The lowest BCUT2D eigenvalue weighted by Gasteiger charge is -2.33. The van der Waals surface area contributed by atoms with E-state index >= 15 is 0 Å². The molecule has 2 rings (SSSR count). The molecule has 1 saturated heterocycles. The van der Waals surface area contributed by atoms with Crippen molar-refractivity contribution in [1.29, 1.82) is 0 Å². The maximum absolute atomic E-state index is 13.4. The second kappa shape index (κ2) is 6.01. The number of nitrogens with one attached hydrogen (secondary N) is 1. The van der Waals surface area contributed by atoms with Gasteiger partial charge in [0.15, 0.2) is 0 Å². The molecule has 0 bridgehead atoms. The van der Waals surface area contributed by atoms with Crippen LogP contribution in [0.4, 0.5) is 10.1 Å². The molecule has 1 fully saturated rings. The van der Waals surface area contributed by atoms with Crippen molar-refractivity contribution < 1.29 is 4.39 Å². The first-order valence-corrected chi connectivity index (χ1v) is 6.50. The second-order valence-corrected chi connectivity index (χ2v) is 4.79. The van der Waals surface area contributed by atoms with Crippen molar-refractivity contribution in [3.63, 3.8) is 0 Å². The third-order valence-electron chi connectivity index (χ3n) is 3.53. The Labute approximate surface area is 103 Å². The largest absolute Gasteiger partial charge is 0.381 e. The molecule has 1 aromatic rings. The number of piperidine rings is 1. The van der Waals surface area contributed by atoms with Gasteiger partial charge in [0.1, 0.15) is 5.82 Å². The minimum Gasteiger partial charge on any atom is -0.381 e. The van der Waals surface area contributed by atoms with E-state index in [1.165, 1.54) is 31.9 Å². The van der Waals surface area contributed by atoms with Crippen LogP contribution in [0.5, 0.6) is 0 Å². The summed E-state index contributed by atoms with van der Waals surface area (Å²) in [6.45, 7) is 5.27. The van der Waals surface area contributed by atoms with Gasteiger partial charge in [-0.2, -0.15) is 0 Å².